The van der Waals surface area contributed by atoms with E-state index in [1.54, 1.807) is 24.5 Å². The number of aromatic nitrogens is 3. The first-order chi connectivity index (χ1) is 10.3. The third-order valence-corrected chi connectivity index (χ3v) is 3.77. The Morgan fingerprint density at radius 2 is 2.43 bits per heavy atom. The van der Waals surface area contributed by atoms with Crippen LogP contribution in [0.1, 0.15) is 47.8 Å². The van der Waals surface area contributed by atoms with Gasteiger partial charge in [0.05, 0.1) is 11.5 Å². The van der Waals surface area contributed by atoms with E-state index in [-0.39, 0.29) is 11.8 Å². The maximum Gasteiger partial charge on any atom is 0.255 e. The van der Waals surface area contributed by atoms with Crippen molar-refractivity contribution in [2.24, 2.45) is 0 Å². The number of carbonyl (C=O) groups excluding carboxylic acids is 1. The number of amides is 1. The Hall–Kier alpha value is -2.24. The van der Waals surface area contributed by atoms with E-state index in [9.17, 15) is 4.79 Å². The van der Waals surface area contributed by atoms with Crippen LogP contribution in [0.25, 0.3) is 0 Å². The van der Waals surface area contributed by atoms with E-state index in [0.29, 0.717) is 18.0 Å². The Morgan fingerprint density at radius 1 is 1.52 bits per heavy atom. The summed E-state index contributed by atoms with van der Waals surface area (Å²) in [6.45, 7) is 3.38. The molecule has 0 saturated carbocycles. The van der Waals surface area contributed by atoms with Crippen molar-refractivity contribution < 1.29 is 9.32 Å². The summed E-state index contributed by atoms with van der Waals surface area (Å²) in [5.74, 6) is 1.52. The van der Waals surface area contributed by atoms with Gasteiger partial charge in [0.15, 0.2) is 5.82 Å². The minimum atomic E-state index is 0.0167. The van der Waals surface area contributed by atoms with Crippen LogP contribution in [0.15, 0.2) is 29.0 Å². The monoisotopic (exact) mass is 286 g/mol. The predicted octanol–water partition coefficient (Wildman–Crippen LogP) is 2.05. The molecule has 1 aliphatic heterocycles. The van der Waals surface area contributed by atoms with Crippen molar-refractivity contribution in [3.05, 3.63) is 41.8 Å². The molecule has 1 amide bonds. The number of nitrogens with zero attached hydrogens (tertiary/aromatic N) is 4. The topological polar surface area (TPSA) is 72.1 Å². The van der Waals surface area contributed by atoms with Crippen molar-refractivity contribution in [1.82, 2.24) is 20.0 Å². The average molecular weight is 286 g/mol. The lowest BCUT2D eigenvalue weighted by Gasteiger charge is -2.31. The van der Waals surface area contributed by atoms with Crippen LogP contribution < -0.4 is 0 Å². The highest BCUT2D eigenvalue weighted by molar-refractivity contribution is 5.93. The summed E-state index contributed by atoms with van der Waals surface area (Å²) in [4.78, 5) is 22.7. The number of hydrogen-bond donors (Lipinski definition) is 0. The summed E-state index contributed by atoms with van der Waals surface area (Å²) in [5.41, 5.74) is 0.623. The largest absolute Gasteiger partial charge is 0.339 e. The van der Waals surface area contributed by atoms with Crippen LogP contribution in [0.4, 0.5) is 0 Å². The second-order valence-corrected chi connectivity index (χ2v) is 5.23. The Labute approximate surface area is 123 Å². The summed E-state index contributed by atoms with van der Waals surface area (Å²) in [6, 6.07) is 3.57. The number of likely N-dealkylation sites (tertiary alicyclic amines) is 1. The molecule has 0 aromatic carbocycles. The molecule has 110 valence electrons. The van der Waals surface area contributed by atoms with E-state index in [2.05, 4.69) is 15.1 Å². The van der Waals surface area contributed by atoms with Crippen LogP contribution in [0.5, 0.6) is 0 Å². The number of carbonyl (C=O) groups is 1. The molecule has 0 N–H and O–H groups in total. The Kier molecular flexibility index (Phi) is 3.94. The molecule has 1 aliphatic rings. The smallest absolute Gasteiger partial charge is 0.255 e. The second kappa shape index (κ2) is 6.03. The van der Waals surface area contributed by atoms with E-state index in [0.717, 1.165) is 31.6 Å². The molecule has 6 heteroatoms. The molecule has 1 saturated heterocycles. The fraction of sp³-hybridized carbons (Fsp3) is 0.467. The van der Waals surface area contributed by atoms with Gasteiger partial charge in [-0.15, -0.1) is 0 Å². The zero-order chi connectivity index (χ0) is 14.7. The third-order valence-electron chi connectivity index (χ3n) is 3.77. The molecule has 3 rings (SSSR count). The fourth-order valence-corrected chi connectivity index (χ4v) is 2.61. The van der Waals surface area contributed by atoms with Gasteiger partial charge in [-0.05, 0) is 25.0 Å². The van der Waals surface area contributed by atoms with Gasteiger partial charge in [-0.1, -0.05) is 12.1 Å². The number of rotatable bonds is 3. The summed E-state index contributed by atoms with van der Waals surface area (Å²) in [7, 11) is 0. The van der Waals surface area contributed by atoms with E-state index in [4.69, 9.17) is 4.52 Å². The van der Waals surface area contributed by atoms with Crippen LogP contribution in [0, 0.1) is 0 Å². The first-order valence-corrected chi connectivity index (χ1v) is 7.29. The number of hydrogen-bond acceptors (Lipinski definition) is 5. The molecule has 6 nitrogen and oxygen atoms in total. The van der Waals surface area contributed by atoms with Gasteiger partial charge in [-0.25, -0.2) is 0 Å². The van der Waals surface area contributed by atoms with E-state index in [1.807, 2.05) is 11.8 Å². The first-order valence-electron chi connectivity index (χ1n) is 7.29. The summed E-state index contributed by atoms with van der Waals surface area (Å²) in [5, 5.41) is 3.94. The average Bonchev–Trinajstić information content (AvgIpc) is 3.04. The lowest BCUT2D eigenvalue weighted by Crippen LogP contribution is -2.39. The van der Waals surface area contributed by atoms with Gasteiger partial charge < -0.3 is 9.42 Å². The zero-order valence-electron chi connectivity index (χ0n) is 12.0. The molecule has 3 heterocycles. The molecule has 1 fully saturated rings. The SMILES string of the molecule is CCc1noc([C@H]2CCCN(C(=O)c3cccnc3)C2)n1. The normalized spacial score (nSPS) is 18.7. The van der Waals surface area contributed by atoms with Crippen molar-refractivity contribution in [3.63, 3.8) is 0 Å². The lowest BCUT2D eigenvalue weighted by atomic mass is 9.97. The molecule has 0 aliphatic carbocycles. The van der Waals surface area contributed by atoms with Gasteiger partial charge in [-0.3, -0.25) is 9.78 Å². The predicted molar refractivity (Wildman–Crippen MR) is 75.8 cm³/mol. The van der Waals surface area contributed by atoms with Gasteiger partial charge in [0.1, 0.15) is 0 Å². The first kappa shape index (κ1) is 13.7. The fourth-order valence-electron chi connectivity index (χ4n) is 2.61. The van der Waals surface area contributed by atoms with E-state index in [1.165, 1.54) is 0 Å². The Bertz CT molecular complexity index is 611. The molecular weight excluding hydrogens is 268 g/mol. The van der Waals surface area contributed by atoms with Crippen molar-refractivity contribution in [2.75, 3.05) is 13.1 Å². The van der Waals surface area contributed by atoms with Crippen LogP contribution in [-0.2, 0) is 6.42 Å². The minimum absolute atomic E-state index is 0.0167. The molecular formula is C15H18N4O2. The minimum Gasteiger partial charge on any atom is -0.339 e. The summed E-state index contributed by atoms with van der Waals surface area (Å²) >= 11 is 0. The van der Waals surface area contributed by atoms with Crippen LogP contribution >= 0.6 is 0 Å². The highest BCUT2D eigenvalue weighted by Crippen LogP contribution is 2.26. The van der Waals surface area contributed by atoms with Crippen molar-refractivity contribution in [3.8, 4) is 0 Å². The van der Waals surface area contributed by atoms with Gasteiger partial charge in [0.2, 0.25) is 5.89 Å². The van der Waals surface area contributed by atoms with Gasteiger partial charge >= 0.3 is 0 Å². The van der Waals surface area contributed by atoms with Crippen molar-refractivity contribution >= 4 is 5.91 Å². The maximum absolute atomic E-state index is 12.5. The molecule has 21 heavy (non-hydrogen) atoms. The standard InChI is InChI=1S/C15H18N4O2/c1-2-13-17-14(21-18-13)12-6-4-8-19(10-12)15(20)11-5-3-7-16-9-11/h3,5,7,9,12H,2,4,6,8,10H2,1H3/t12-/m0/s1. The molecule has 0 bridgehead atoms. The number of piperidine rings is 1. The molecule has 2 aromatic rings. The van der Waals surface area contributed by atoms with Crippen LogP contribution in [0.2, 0.25) is 0 Å². The van der Waals surface area contributed by atoms with E-state index >= 15 is 0 Å². The quantitative estimate of drug-likeness (QED) is 0.863. The van der Waals surface area contributed by atoms with Gasteiger partial charge in [0.25, 0.3) is 5.91 Å². The van der Waals surface area contributed by atoms with Gasteiger partial charge in [-0.2, -0.15) is 4.98 Å². The molecule has 0 radical (unpaired) electrons. The highest BCUT2D eigenvalue weighted by atomic mass is 16.5. The van der Waals surface area contributed by atoms with Gasteiger partial charge in [0, 0.05) is 31.9 Å². The van der Waals surface area contributed by atoms with Crippen LogP contribution in [-0.4, -0.2) is 39.0 Å². The van der Waals surface area contributed by atoms with Crippen LogP contribution in [0.3, 0.4) is 0 Å². The van der Waals surface area contributed by atoms with Crippen molar-refractivity contribution in [2.45, 2.75) is 32.1 Å². The maximum atomic E-state index is 12.5. The molecule has 0 spiro atoms. The van der Waals surface area contributed by atoms with Crippen molar-refractivity contribution in [1.29, 1.82) is 0 Å². The third kappa shape index (κ3) is 2.94. The molecule has 2 aromatic heterocycles. The molecule has 0 unspecified atom stereocenters. The van der Waals surface area contributed by atoms with E-state index < -0.39 is 0 Å². The summed E-state index contributed by atoms with van der Waals surface area (Å²) < 4.78 is 5.32. The zero-order valence-corrected chi connectivity index (χ0v) is 12.0. The number of aryl methyl sites for hydroxylation is 1. The second-order valence-electron chi connectivity index (χ2n) is 5.23. The lowest BCUT2D eigenvalue weighted by molar-refractivity contribution is 0.0695. The Balaban J connectivity index is 1.72. The molecule has 1 atom stereocenters. The highest BCUT2D eigenvalue weighted by Gasteiger charge is 2.28. The number of pyridine rings is 1. The summed E-state index contributed by atoms with van der Waals surface area (Å²) in [6.07, 6.45) is 5.95. The Morgan fingerprint density at radius 3 is 3.14 bits per heavy atom.